The van der Waals surface area contributed by atoms with Crippen LogP contribution in [0.2, 0.25) is 0 Å². The lowest BCUT2D eigenvalue weighted by Gasteiger charge is -2.18. The zero-order chi connectivity index (χ0) is 11.6. The van der Waals surface area contributed by atoms with Gasteiger partial charge in [0.15, 0.2) is 0 Å². The molecule has 0 atom stereocenters. The normalized spacial score (nSPS) is 11.5. The van der Waals surface area contributed by atoms with E-state index in [2.05, 4.69) is 0 Å². The molecule has 0 saturated heterocycles. The van der Waals surface area contributed by atoms with Gasteiger partial charge in [0.1, 0.15) is 16.4 Å². The summed E-state index contributed by atoms with van der Waals surface area (Å²) in [4.78, 5) is 10.8. The number of benzene rings is 1. The molecule has 0 aromatic heterocycles. The number of rotatable bonds is 3. The average Bonchev–Trinajstić information content (AvgIpc) is 2.10. The molecule has 1 rings (SSSR count). The number of aliphatic carboxylic acids is 1. The van der Waals surface area contributed by atoms with Crippen LogP contribution >= 0.6 is 11.8 Å². The van der Waals surface area contributed by atoms with Crippen LogP contribution in [0.1, 0.15) is 13.8 Å². The third-order valence-electron chi connectivity index (χ3n) is 1.77. The number of carboxylic acid groups (broad SMARTS) is 1. The van der Waals surface area contributed by atoms with E-state index in [4.69, 9.17) is 5.11 Å². The SMILES string of the molecule is CC(C)(Sc1cc(F)ccc1F)C(=O)O. The van der Waals surface area contributed by atoms with E-state index in [0.717, 1.165) is 30.0 Å². The molecule has 0 spiro atoms. The smallest absolute Gasteiger partial charge is 0.319 e. The monoisotopic (exact) mass is 232 g/mol. The first-order chi connectivity index (χ1) is 6.83. The molecule has 0 saturated carbocycles. The summed E-state index contributed by atoms with van der Waals surface area (Å²) in [6.07, 6.45) is 0. The number of thioether (sulfide) groups is 1. The fourth-order valence-electron chi connectivity index (χ4n) is 0.874. The van der Waals surface area contributed by atoms with Gasteiger partial charge >= 0.3 is 5.97 Å². The summed E-state index contributed by atoms with van der Waals surface area (Å²) < 4.78 is 24.8. The minimum atomic E-state index is -1.19. The van der Waals surface area contributed by atoms with Crippen molar-refractivity contribution in [1.29, 1.82) is 0 Å². The van der Waals surface area contributed by atoms with E-state index in [9.17, 15) is 13.6 Å². The second-order valence-electron chi connectivity index (χ2n) is 3.49. The maximum atomic E-state index is 13.2. The first-order valence-corrected chi connectivity index (χ1v) is 5.02. The molecule has 0 aliphatic carbocycles. The van der Waals surface area contributed by atoms with E-state index in [1.807, 2.05) is 0 Å². The lowest BCUT2D eigenvalue weighted by molar-refractivity contribution is -0.138. The number of hydrogen-bond acceptors (Lipinski definition) is 2. The van der Waals surface area contributed by atoms with E-state index in [0.29, 0.717) is 0 Å². The molecule has 15 heavy (non-hydrogen) atoms. The Hall–Kier alpha value is -1.10. The van der Waals surface area contributed by atoms with Gasteiger partial charge in [-0.25, -0.2) is 8.78 Å². The number of carbonyl (C=O) groups is 1. The largest absolute Gasteiger partial charge is 0.480 e. The molecule has 0 amide bonds. The van der Waals surface area contributed by atoms with Crippen molar-refractivity contribution in [1.82, 2.24) is 0 Å². The Bertz CT molecular complexity index is 391. The standard InChI is InChI=1S/C10H10F2O2S/c1-10(2,9(13)14)15-8-5-6(11)3-4-7(8)12/h3-5H,1-2H3,(H,13,14). The number of halogens is 2. The van der Waals surface area contributed by atoms with Crippen molar-refractivity contribution < 1.29 is 18.7 Å². The van der Waals surface area contributed by atoms with Crippen LogP contribution in [0.15, 0.2) is 23.1 Å². The van der Waals surface area contributed by atoms with E-state index in [-0.39, 0.29) is 4.90 Å². The van der Waals surface area contributed by atoms with Crippen molar-refractivity contribution in [2.24, 2.45) is 0 Å². The van der Waals surface area contributed by atoms with Crippen LogP contribution in [0.25, 0.3) is 0 Å². The fraction of sp³-hybridized carbons (Fsp3) is 0.300. The van der Waals surface area contributed by atoms with Gasteiger partial charge in [0.2, 0.25) is 0 Å². The number of hydrogen-bond donors (Lipinski definition) is 1. The van der Waals surface area contributed by atoms with Gasteiger partial charge in [0.05, 0.1) is 0 Å². The molecular weight excluding hydrogens is 222 g/mol. The van der Waals surface area contributed by atoms with Gasteiger partial charge in [-0.2, -0.15) is 0 Å². The van der Waals surface area contributed by atoms with Crippen molar-refractivity contribution in [2.45, 2.75) is 23.5 Å². The second kappa shape index (κ2) is 4.18. The van der Waals surface area contributed by atoms with Crippen LogP contribution in [0.5, 0.6) is 0 Å². The molecule has 1 aromatic rings. The van der Waals surface area contributed by atoms with E-state index in [1.165, 1.54) is 13.8 Å². The molecule has 1 aromatic carbocycles. The van der Waals surface area contributed by atoms with Crippen molar-refractivity contribution >= 4 is 17.7 Å². The summed E-state index contributed by atoms with van der Waals surface area (Å²) >= 11 is 0.780. The molecule has 0 aliphatic heterocycles. The minimum absolute atomic E-state index is 0.00222. The Labute approximate surface area is 90.3 Å². The van der Waals surface area contributed by atoms with Crippen molar-refractivity contribution in [3.05, 3.63) is 29.8 Å². The molecule has 1 N–H and O–H groups in total. The van der Waals surface area contributed by atoms with Gasteiger partial charge < -0.3 is 5.11 Å². The maximum Gasteiger partial charge on any atom is 0.319 e. The summed E-state index contributed by atoms with van der Waals surface area (Å²) in [6.45, 7) is 2.87. The predicted octanol–water partition coefficient (Wildman–Crippen LogP) is 2.92. The van der Waals surface area contributed by atoms with Gasteiger partial charge in [-0.05, 0) is 32.0 Å². The average molecular weight is 232 g/mol. The molecule has 0 radical (unpaired) electrons. The van der Waals surface area contributed by atoms with Crippen LogP contribution < -0.4 is 0 Å². The molecule has 0 aliphatic rings. The van der Waals surface area contributed by atoms with E-state index in [1.54, 1.807) is 0 Å². The highest BCUT2D eigenvalue weighted by molar-refractivity contribution is 8.01. The Kier molecular flexibility index (Phi) is 3.34. The summed E-state index contributed by atoms with van der Waals surface area (Å²) in [7, 11) is 0. The molecule has 0 fully saturated rings. The van der Waals surface area contributed by atoms with Gasteiger partial charge in [-0.1, -0.05) is 0 Å². The third-order valence-corrected chi connectivity index (χ3v) is 2.99. The summed E-state index contributed by atoms with van der Waals surface area (Å²) in [5.74, 6) is -2.27. The Morgan fingerprint density at radius 3 is 2.53 bits per heavy atom. The van der Waals surface area contributed by atoms with Crippen LogP contribution in [-0.4, -0.2) is 15.8 Å². The molecule has 82 valence electrons. The van der Waals surface area contributed by atoms with Crippen LogP contribution in [-0.2, 0) is 4.79 Å². The maximum absolute atomic E-state index is 13.2. The summed E-state index contributed by atoms with van der Waals surface area (Å²) in [5.41, 5.74) is 0. The van der Waals surface area contributed by atoms with Crippen LogP contribution in [0, 0.1) is 11.6 Å². The summed E-state index contributed by atoms with van der Waals surface area (Å²) in [5, 5.41) is 8.83. The zero-order valence-corrected chi connectivity index (χ0v) is 9.07. The lowest BCUT2D eigenvalue weighted by atomic mass is 10.2. The van der Waals surface area contributed by atoms with E-state index < -0.39 is 22.4 Å². The third kappa shape index (κ3) is 2.92. The first kappa shape index (κ1) is 12.0. The Morgan fingerprint density at radius 1 is 1.40 bits per heavy atom. The van der Waals surface area contributed by atoms with Gasteiger partial charge in [0.25, 0.3) is 0 Å². The zero-order valence-electron chi connectivity index (χ0n) is 8.25. The van der Waals surface area contributed by atoms with Crippen molar-refractivity contribution in [3.63, 3.8) is 0 Å². The highest BCUT2D eigenvalue weighted by Crippen LogP contribution is 2.34. The minimum Gasteiger partial charge on any atom is -0.480 e. The molecule has 0 bridgehead atoms. The van der Waals surface area contributed by atoms with Gasteiger partial charge in [-0.15, -0.1) is 11.8 Å². The van der Waals surface area contributed by atoms with Gasteiger partial charge in [-0.3, -0.25) is 4.79 Å². The highest BCUT2D eigenvalue weighted by atomic mass is 32.2. The predicted molar refractivity (Wildman–Crippen MR) is 53.9 cm³/mol. The topological polar surface area (TPSA) is 37.3 Å². The van der Waals surface area contributed by atoms with Crippen molar-refractivity contribution in [2.75, 3.05) is 0 Å². The highest BCUT2D eigenvalue weighted by Gasteiger charge is 2.29. The molecule has 2 nitrogen and oxygen atoms in total. The first-order valence-electron chi connectivity index (χ1n) is 4.20. The van der Waals surface area contributed by atoms with Gasteiger partial charge in [0, 0.05) is 4.90 Å². The lowest BCUT2D eigenvalue weighted by Crippen LogP contribution is -2.27. The van der Waals surface area contributed by atoms with E-state index >= 15 is 0 Å². The van der Waals surface area contributed by atoms with Crippen molar-refractivity contribution in [3.8, 4) is 0 Å². The fourth-order valence-corrected chi connectivity index (χ4v) is 1.85. The molecule has 5 heteroatoms. The molecular formula is C10H10F2O2S. The Morgan fingerprint density at radius 2 is 2.00 bits per heavy atom. The number of carboxylic acids is 1. The quantitative estimate of drug-likeness (QED) is 0.814. The molecule has 0 unspecified atom stereocenters. The van der Waals surface area contributed by atoms with Crippen LogP contribution in [0.4, 0.5) is 8.78 Å². The molecule has 0 heterocycles. The van der Waals surface area contributed by atoms with Crippen LogP contribution in [0.3, 0.4) is 0 Å². The second-order valence-corrected chi connectivity index (χ2v) is 5.16. The summed E-state index contributed by atoms with van der Waals surface area (Å²) in [6, 6.07) is 2.97. The Balaban J connectivity index is 2.99.